The SMILES string of the molecule is Nc1ccccc1N1CCN(c2ncc(F)cn2)CC1. The molecule has 20 heavy (non-hydrogen) atoms. The minimum atomic E-state index is -0.413. The predicted molar refractivity (Wildman–Crippen MR) is 77.3 cm³/mol. The highest BCUT2D eigenvalue weighted by Gasteiger charge is 2.20. The van der Waals surface area contributed by atoms with Gasteiger partial charge in [0.25, 0.3) is 0 Å². The molecule has 1 aromatic carbocycles. The summed E-state index contributed by atoms with van der Waals surface area (Å²) in [4.78, 5) is 12.3. The van der Waals surface area contributed by atoms with E-state index in [0.29, 0.717) is 5.95 Å². The van der Waals surface area contributed by atoms with Crippen molar-refractivity contribution < 1.29 is 4.39 Å². The maximum absolute atomic E-state index is 12.8. The summed E-state index contributed by atoms with van der Waals surface area (Å²) < 4.78 is 12.8. The third-order valence-corrected chi connectivity index (χ3v) is 3.45. The summed E-state index contributed by atoms with van der Waals surface area (Å²) in [6.07, 6.45) is 2.40. The number of nitrogens with zero attached hydrogens (tertiary/aromatic N) is 4. The van der Waals surface area contributed by atoms with Gasteiger partial charge in [0.15, 0.2) is 5.82 Å². The minimum absolute atomic E-state index is 0.413. The van der Waals surface area contributed by atoms with Gasteiger partial charge in [0.1, 0.15) is 0 Å². The molecule has 6 heteroatoms. The summed E-state index contributed by atoms with van der Waals surface area (Å²) in [6, 6.07) is 7.85. The van der Waals surface area contributed by atoms with Crippen LogP contribution >= 0.6 is 0 Å². The predicted octanol–water partition coefficient (Wildman–Crippen LogP) is 1.52. The first-order valence-corrected chi connectivity index (χ1v) is 6.56. The quantitative estimate of drug-likeness (QED) is 0.841. The fraction of sp³-hybridized carbons (Fsp3) is 0.286. The van der Waals surface area contributed by atoms with E-state index in [2.05, 4.69) is 19.8 Å². The van der Waals surface area contributed by atoms with Crippen molar-refractivity contribution >= 4 is 17.3 Å². The van der Waals surface area contributed by atoms with Crippen molar-refractivity contribution in [2.45, 2.75) is 0 Å². The molecule has 3 rings (SSSR count). The third-order valence-electron chi connectivity index (χ3n) is 3.45. The van der Waals surface area contributed by atoms with E-state index < -0.39 is 5.82 Å². The lowest BCUT2D eigenvalue weighted by atomic mass is 10.2. The number of aromatic nitrogens is 2. The van der Waals surface area contributed by atoms with E-state index >= 15 is 0 Å². The van der Waals surface area contributed by atoms with Crippen molar-refractivity contribution in [3.05, 3.63) is 42.5 Å². The molecular weight excluding hydrogens is 257 g/mol. The number of hydrogen-bond donors (Lipinski definition) is 1. The molecule has 2 heterocycles. The van der Waals surface area contributed by atoms with Crippen molar-refractivity contribution in [1.82, 2.24) is 9.97 Å². The van der Waals surface area contributed by atoms with Crippen LogP contribution in [0.2, 0.25) is 0 Å². The first-order valence-electron chi connectivity index (χ1n) is 6.56. The number of hydrogen-bond acceptors (Lipinski definition) is 5. The minimum Gasteiger partial charge on any atom is -0.397 e. The first-order chi connectivity index (χ1) is 9.74. The maximum atomic E-state index is 12.8. The number of benzene rings is 1. The average Bonchev–Trinajstić information content (AvgIpc) is 2.49. The fourth-order valence-electron chi connectivity index (χ4n) is 2.39. The van der Waals surface area contributed by atoms with Gasteiger partial charge in [-0.1, -0.05) is 12.1 Å². The Morgan fingerprint density at radius 1 is 0.950 bits per heavy atom. The van der Waals surface area contributed by atoms with E-state index in [4.69, 9.17) is 5.73 Å². The van der Waals surface area contributed by atoms with Crippen LogP contribution in [0.4, 0.5) is 21.7 Å². The first kappa shape index (κ1) is 12.7. The summed E-state index contributed by atoms with van der Waals surface area (Å²) in [5, 5.41) is 0. The van der Waals surface area contributed by atoms with Gasteiger partial charge in [-0.25, -0.2) is 14.4 Å². The number of anilines is 3. The van der Waals surface area contributed by atoms with Gasteiger partial charge in [-0.05, 0) is 12.1 Å². The van der Waals surface area contributed by atoms with Crippen molar-refractivity contribution in [3.63, 3.8) is 0 Å². The molecule has 0 amide bonds. The molecule has 1 saturated heterocycles. The Hall–Kier alpha value is -2.37. The highest BCUT2D eigenvalue weighted by molar-refractivity contribution is 5.67. The topological polar surface area (TPSA) is 58.3 Å². The van der Waals surface area contributed by atoms with E-state index in [0.717, 1.165) is 37.6 Å². The molecule has 0 aliphatic carbocycles. The van der Waals surface area contributed by atoms with Crippen molar-refractivity contribution in [3.8, 4) is 0 Å². The normalized spacial score (nSPS) is 15.4. The Labute approximate surface area is 116 Å². The third kappa shape index (κ3) is 2.49. The van der Waals surface area contributed by atoms with Crippen LogP contribution in [0.25, 0.3) is 0 Å². The average molecular weight is 273 g/mol. The van der Waals surface area contributed by atoms with Gasteiger partial charge >= 0.3 is 0 Å². The summed E-state index contributed by atoms with van der Waals surface area (Å²) in [5.41, 5.74) is 7.85. The van der Waals surface area contributed by atoms with Crippen molar-refractivity contribution in [1.29, 1.82) is 0 Å². The lowest BCUT2D eigenvalue weighted by Crippen LogP contribution is -2.47. The van der Waals surface area contributed by atoms with Crippen LogP contribution in [0, 0.1) is 5.82 Å². The number of para-hydroxylation sites is 2. The van der Waals surface area contributed by atoms with Crippen LogP contribution in [0.5, 0.6) is 0 Å². The van der Waals surface area contributed by atoms with Crippen LogP contribution in [0.1, 0.15) is 0 Å². The molecule has 0 unspecified atom stereocenters. The van der Waals surface area contributed by atoms with Crippen molar-refractivity contribution in [2.24, 2.45) is 0 Å². The highest BCUT2D eigenvalue weighted by atomic mass is 19.1. The van der Waals surface area contributed by atoms with E-state index in [1.165, 1.54) is 12.4 Å². The van der Waals surface area contributed by atoms with Crippen molar-refractivity contribution in [2.75, 3.05) is 41.7 Å². The van der Waals surface area contributed by atoms with E-state index in [-0.39, 0.29) is 0 Å². The Kier molecular flexibility index (Phi) is 3.37. The van der Waals surface area contributed by atoms with Gasteiger partial charge in [0, 0.05) is 26.2 Å². The largest absolute Gasteiger partial charge is 0.397 e. The molecule has 2 N–H and O–H groups in total. The monoisotopic (exact) mass is 273 g/mol. The Bertz CT molecular complexity index is 578. The Balaban J connectivity index is 1.68. The molecule has 5 nitrogen and oxygen atoms in total. The number of nitrogens with two attached hydrogens (primary N) is 1. The van der Waals surface area contributed by atoms with Crippen LogP contribution in [-0.4, -0.2) is 36.1 Å². The van der Waals surface area contributed by atoms with Gasteiger partial charge in [0.05, 0.1) is 23.8 Å². The lowest BCUT2D eigenvalue weighted by Gasteiger charge is -2.36. The van der Waals surface area contributed by atoms with Gasteiger partial charge < -0.3 is 15.5 Å². The summed E-state index contributed by atoms with van der Waals surface area (Å²) >= 11 is 0. The molecule has 0 bridgehead atoms. The summed E-state index contributed by atoms with van der Waals surface area (Å²) in [5.74, 6) is 0.163. The standard InChI is InChI=1S/C14H16FN5/c15-11-9-17-14(18-10-11)20-7-5-19(6-8-20)13-4-2-1-3-12(13)16/h1-4,9-10H,5-8,16H2. The van der Waals surface area contributed by atoms with E-state index in [9.17, 15) is 4.39 Å². The molecule has 1 aliphatic heterocycles. The van der Waals surface area contributed by atoms with Gasteiger partial charge in [-0.15, -0.1) is 0 Å². The molecule has 1 fully saturated rings. The molecule has 1 aliphatic rings. The molecule has 0 atom stereocenters. The van der Waals surface area contributed by atoms with Gasteiger partial charge in [0.2, 0.25) is 5.95 Å². The Morgan fingerprint density at radius 3 is 2.20 bits per heavy atom. The summed E-state index contributed by atoms with van der Waals surface area (Å²) in [7, 11) is 0. The molecule has 2 aromatic rings. The number of halogens is 1. The molecular formula is C14H16FN5. The van der Waals surface area contributed by atoms with Crippen LogP contribution in [0.3, 0.4) is 0 Å². The fourth-order valence-corrected chi connectivity index (χ4v) is 2.39. The molecule has 0 radical (unpaired) electrons. The summed E-state index contributed by atoms with van der Waals surface area (Å²) in [6.45, 7) is 3.27. The highest BCUT2D eigenvalue weighted by Crippen LogP contribution is 2.24. The zero-order valence-electron chi connectivity index (χ0n) is 11.0. The van der Waals surface area contributed by atoms with Gasteiger partial charge in [-0.3, -0.25) is 0 Å². The second-order valence-electron chi connectivity index (χ2n) is 4.73. The molecule has 1 aromatic heterocycles. The number of piperazine rings is 1. The van der Waals surface area contributed by atoms with Crippen LogP contribution in [-0.2, 0) is 0 Å². The van der Waals surface area contributed by atoms with Gasteiger partial charge in [-0.2, -0.15) is 0 Å². The molecule has 0 spiro atoms. The second-order valence-corrected chi connectivity index (χ2v) is 4.73. The van der Waals surface area contributed by atoms with Crippen LogP contribution in [0.15, 0.2) is 36.7 Å². The Morgan fingerprint density at radius 2 is 1.55 bits per heavy atom. The van der Waals surface area contributed by atoms with Crippen LogP contribution < -0.4 is 15.5 Å². The lowest BCUT2D eigenvalue weighted by molar-refractivity contribution is 0.603. The molecule has 0 saturated carbocycles. The van der Waals surface area contributed by atoms with E-state index in [1.54, 1.807) is 0 Å². The molecule has 104 valence electrons. The zero-order chi connectivity index (χ0) is 13.9. The zero-order valence-corrected chi connectivity index (χ0v) is 11.0. The second kappa shape index (κ2) is 5.32. The smallest absolute Gasteiger partial charge is 0.225 e. The maximum Gasteiger partial charge on any atom is 0.225 e. The van der Waals surface area contributed by atoms with E-state index in [1.807, 2.05) is 24.3 Å². The number of nitrogen functional groups attached to an aromatic ring is 1. The number of rotatable bonds is 2.